The highest BCUT2D eigenvalue weighted by Gasteiger charge is 2.55. The van der Waals surface area contributed by atoms with Crippen LogP contribution >= 0.6 is 0 Å². The minimum atomic E-state index is -0.129. The minimum absolute atomic E-state index is 0.0795. The quantitative estimate of drug-likeness (QED) is 0.791. The molecule has 3 nitrogen and oxygen atoms in total. The van der Waals surface area contributed by atoms with E-state index in [0.717, 1.165) is 17.7 Å². The normalized spacial score (nSPS) is 32.3. The number of hydrogen-bond donors (Lipinski definition) is 1. The average molecular weight is 280 g/mol. The Bertz CT molecular complexity index is 714. The fraction of sp³-hybridized carbons (Fsp3) is 0.444. The number of benzene rings is 1. The fourth-order valence-electron chi connectivity index (χ4n) is 4.24. The van der Waals surface area contributed by atoms with Crippen LogP contribution in [-0.4, -0.2) is 23.1 Å². The van der Waals surface area contributed by atoms with Crippen LogP contribution < -0.4 is 5.32 Å². The molecule has 0 aromatic heterocycles. The molecule has 1 spiro atoms. The van der Waals surface area contributed by atoms with Gasteiger partial charge < -0.3 is 5.32 Å². The Kier molecular flexibility index (Phi) is 2.35. The predicted molar refractivity (Wildman–Crippen MR) is 84.9 cm³/mol. The van der Waals surface area contributed by atoms with Crippen LogP contribution in [0.1, 0.15) is 39.2 Å². The van der Waals surface area contributed by atoms with Gasteiger partial charge in [0, 0.05) is 23.7 Å². The third kappa shape index (κ3) is 1.66. The monoisotopic (exact) mass is 280 g/mol. The Morgan fingerprint density at radius 1 is 1.29 bits per heavy atom. The summed E-state index contributed by atoms with van der Waals surface area (Å²) in [6.07, 6.45) is 3.71. The lowest BCUT2D eigenvalue weighted by atomic mass is 9.63. The van der Waals surface area contributed by atoms with Crippen molar-refractivity contribution in [2.45, 2.75) is 45.2 Å². The molecule has 1 N–H and O–H groups in total. The zero-order chi connectivity index (χ0) is 14.8. The number of para-hydroxylation sites is 1. The first-order valence-electron chi connectivity index (χ1n) is 7.60. The van der Waals surface area contributed by atoms with Gasteiger partial charge in [-0.15, -0.1) is 0 Å². The third-order valence-electron chi connectivity index (χ3n) is 5.02. The highest BCUT2D eigenvalue weighted by Crippen LogP contribution is 2.52. The van der Waals surface area contributed by atoms with Crippen molar-refractivity contribution >= 4 is 17.2 Å². The third-order valence-corrected chi connectivity index (χ3v) is 5.02. The van der Waals surface area contributed by atoms with E-state index in [1.807, 2.05) is 13.0 Å². The van der Waals surface area contributed by atoms with E-state index in [9.17, 15) is 4.79 Å². The molecule has 0 radical (unpaired) electrons. The van der Waals surface area contributed by atoms with E-state index in [0.29, 0.717) is 6.42 Å². The number of carbonyl (C=O) groups excluding carboxylic acids is 1. The van der Waals surface area contributed by atoms with Crippen LogP contribution in [0.5, 0.6) is 0 Å². The van der Waals surface area contributed by atoms with Gasteiger partial charge in [0.15, 0.2) is 5.78 Å². The minimum Gasteiger partial charge on any atom is -0.380 e. The Labute approximate surface area is 125 Å². The number of anilines is 1. The van der Waals surface area contributed by atoms with Gasteiger partial charge in [-0.25, -0.2) is 0 Å². The van der Waals surface area contributed by atoms with Crippen molar-refractivity contribution in [1.82, 2.24) is 0 Å². The summed E-state index contributed by atoms with van der Waals surface area (Å²) in [5, 5.41) is 3.60. The number of nitrogens with zero attached hydrogens (tertiary/aromatic N) is 1. The number of hydrogen-bond acceptors (Lipinski definition) is 3. The summed E-state index contributed by atoms with van der Waals surface area (Å²) in [5.41, 5.74) is 4.14. The van der Waals surface area contributed by atoms with Gasteiger partial charge in [0.1, 0.15) is 0 Å². The van der Waals surface area contributed by atoms with Gasteiger partial charge in [0.2, 0.25) is 0 Å². The smallest absolute Gasteiger partial charge is 0.160 e. The maximum atomic E-state index is 12.2. The van der Waals surface area contributed by atoms with Crippen LogP contribution in [0.25, 0.3) is 0 Å². The Morgan fingerprint density at radius 3 is 2.86 bits per heavy atom. The van der Waals surface area contributed by atoms with E-state index in [-0.39, 0.29) is 22.8 Å². The Morgan fingerprint density at radius 2 is 2.05 bits per heavy atom. The summed E-state index contributed by atoms with van der Waals surface area (Å²) < 4.78 is 0. The first kappa shape index (κ1) is 12.8. The van der Waals surface area contributed by atoms with Gasteiger partial charge in [-0.1, -0.05) is 24.3 Å². The molecule has 0 amide bonds. The topological polar surface area (TPSA) is 41.5 Å². The molecule has 1 aliphatic carbocycles. The van der Waals surface area contributed by atoms with Crippen molar-refractivity contribution in [3.05, 3.63) is 41.5 Å². The first-order valence-corrected chi connectivity index (χ1v) is 7.60. The largest absolute Gasteiger partial charge is 0.380 e. The number of nitrogens with one attached hydrogen (secondary N) is 1. The van der Waals surface area contributed by atoms with Crippen molar-refractivity contribution < 1.29 is 4.79 Å². The van der Waals surface area contributed by atoms with E-state index in [2.05, 4.69) is 43.4 Å². The summed E-state index contributed by atoms with van der Waals surface area (Å²) in [5.74, 6) is 0.251. The molecular weight excluding hydrogens is 260 g/mol. The maximum absolute atomic E-state index is 12.2. The van der Waals surface area contributed by atoms with Crippen LogP contribution in [0.2, 0.25) is 0 Å². The van der Waals surface area contributed by atoms with Gasteiger partial charge in [-0.05, 0) is 38.8 Å². The average Bonchev–Trinajstić information content (AvgIpc) is 2.69. The van der Waals surface area contributed by atoms with Crippen LogP contribution in [0.3, 0.4) is 0 Å². The molecule has 0 saturated heterocycles. The zero-order valence-electron chi connectivity index (χ0n) is 12.7. The second kappa shape index (κ2) is 3.85. The number of ketones is 1. The molecule has 0 unspecified atom stereocenters. The molecule has 21 heavy (non-hydrogen) atoms. The predicted octanol–water partition coefficient (Wildman–Crippen LogP) is 3.36. The maximum Gasteiger partial charge on any atom is 0.160 e. The molecule has 3 heteroatoms. The van der Waals surface area contributed by atoms with Crippen LogP contribution in [-0.2, 0) is 4.79 Å². The molecule has 1 aromatic rings. The van der Waals surface area contributed by atoms with E-state index in [1.54, 1.807) is 0 Å². The highest BCUT2D eigenvalue weighted by molar-refractivity contribution is 6.15. The zero-order valence-corrected chi connectivity index (χ0v) is 12.7. The van der Waals surface area contributed by atoms with Crippen molar-refractivity contribution in [2.24, 2.45) is 10.4 Å². The van der Waals surface area contributed by atoms with Crippen molar-refractivity contribution in [3.8, 4) is 0 Å². The number of Topliss-reactive ketones (excluding diaryl/α,β-unsaturated/α-hetero) is 1. The summed E-state index contributed by atoms with van der Waals surface area (Å²) in [6, 6.07) is 8.45. The molecule has 2 heterocycles. The van der Waals surface area contributed by atoms with Gasteiger partial charge >= 0.3 is 0 Å². The second-order valence-corrected chi connectivity index (χ2v) is 7.19. The van der Waals surface area contributed by atoms with Gasteiger partial charge in [0.25, 0.3) is 0 Å². The van der Waals surface area contributed by atoms with Crippen molar-refractivity contribution in [3.63, 3.8) is 0 Å². The molecule has 4 rings (SSSR count). The summed E-state index contributed by atoms with van der Waals surface area (Å²) in [7, 11) is 0. The molecule has 0 bridgehead atoms. The Balaban J connectivity index is 1.99. The SMILES string of the molecule is CC1=C[C@]23CC(C)(C)N=C2c2ccccc2N[C@@H]3CC1=O. The number of carbonyl (C=O) groups is 1. The van der Waals surface area contributed by atoms with E-state index in [1.165, 1.54) is 11.3 Å². The Hall–Kier alpha value is -1.90. The molecule has 108 valence electrons. The molecule has 1 aromatic carbocycles. The standard InChI is InChI=1S/C18H20N2O/c1-11-9-18-10-17(2,3)20-16(18)12-6-4-5-7-13(12)19-15(18)8-14(11)21/h4-7,9,15,19H,8,10H2,1-3H3/t15-,18-/m1/s1. The lowest BCUT2D eigenvalue weighted by molar-refractivity contribution is -0.116. The van der Waals surface area contributed by atoms with Crippen LogP contribution in [0.4, 0.5) is 5.69 Å². The molecular formula is C18H20N2O. The number of fused-ring (bicyclic) bond motifs is 2. The van der Waals surface area contributed by atoms with Crippen LogP contribution in [0.15, 0.2) is 40.9 Å². The van der Waals surface area contributed by atoms with Gasteiger partial charge in [-0.3, -0.25) is 9.79 Å². The van der Waals surface area contributed by atoms with E-state index < -0.39 is 0 Å². The highest BCUT2D eigenvalue weighted by atomic mass is 16.1. The number of aliphatic imine (C=N–C) groups is 1. The summed E-state index contributed by atoms with van der Waals surface area (Å²) in [4.78, 5) is 17.2. The van der Waals surface area contributed by atoms with Gasteiger partial charge in [-0.2, -0.15) is 0 Å². The lowest BCUT2D eigenvalue weighted by Gasteiger charge is -2.45. The van der Waals surface area contributed by atoms with Crippen LogP contribution in [0, 0.1) is 5.41 Å². The lowest BCUT2D eigenvalue weighted by Crippen LogP contribution is -2.51. The molecule has 2 aliphatic heterocycles. The number of allylic oxidation sites excluding steroid dienone is 1. The van der Waals surface area contributed by atoms with Gasteiger partial charge in [0.05, 0.1) is 16.7 Å². The molecule has 0 fully saturated rings. The summed E-state index contributed by atoms with van der Waals surface area (Å²) in [6.45, 7) is 6.31. The fourth-order valence-corrected chi connectivity index (χ4v) is 4.24. The molecule has 2 atom stereocenters. The van der Waals surface area contributed by atoms with E-state index in [4.69, 9.17) is 4.99 Å². The van der Waals surface area contributed by atoms with E-state index >= 15 is 0 Å². The first-order chi connectivity index (χ1) is 9.91. The van der Waals surface area contributed by atoms with Crippen molar-refractivity contribution in [2.75, 3.05) is 5.32 Å². The molecule has 0 saturated carbocycles. The second-order valence-electron chi connectivity index (χ2n) is 7.19. The molecule has 3 aliphatic rings. The van der Waals surface area contributed by atoms with Crippen molar-refractivity contribution in [1.29, 1.82) is 0 Å². The summed E-state index contributed by atoms with van der Waals surface area (Å²) >= 11 is 0. The number of rotatable bonds is 0.